The zero-order valence-corrected chi connectivity index (χ0v) is 19.2. The Morgan fingerprint density at radius 3 is 1.59 bits per heavy atom. The van der Waals surface area contributed by atoms with Gasteiger partial charge in [-0.1, -0.05) is 78.4 Å². The van der Waals surface area contributed by atoms with E-state index in [1.54, 1.807) is 0 Å². The molecule has 3 heterocycles. The van der Waals surface area contributed by atoms with E-state index >= 15 is 0 Å². The molecule has 0 atom stereocenters. The first-order valence-corrected chi connectivity index (χ1v) is 11.2. The molecule has 0 bridgehead atoms. The molecule has 0 aliphatic carbocycles. The van der Waals surface area contributed by atoms with E-state index < -0.39 is 0 Å². The van der Waals surface area contributed by atoms with Gasteiger partial charge in [0.15, 0.2) is 0 Å². The molecule has 17 nitrogen and oxygen atoms in total. The van der Waals surface area contributed by atoms with E-state index in [1.165, 1.54) is 14.4 Å². The summed E-state index contributed by atoms with van der Waals surface area (Å²) in [6.07, 6.45) is 0. The lowest BCUT2D eigenvalue weighted by Crippen LogP contribution is -2.09. The van der Waals surface area contributed by atoms with Crippen LogP contribution in [0.15, 0.2) is 20.7 Å². The number of tetrazole rings is 3. The first kappa shape index (κ1) is 21.4. The normalized spacial score (nSPS) is 11.8. The summed E-state index contributed by atoms with van der Waals surface area (Å²) in [5, 5.41) is 53.6. The maximum absolute atomic E-state index is 4.14. The molecule has 3 rings (SSSR count). The van der Waals surface area contributed by atoms with Gasteiger partial charge in [0, 0.05) is 16.0 Å². The van der Waals surface area contributed by atoms with Crippen LogP contribution in [0.25, 0.3) is 0 Å². The van der Waals surface area contributed by atoms with Gasteiger partial charge in [0.25, 0.3) is 0 Å². The summed E-state index contributed by atoms with van der Waals surface area (Å²) in [5.41, 5.74) is 0. The molecular formula is C9H12Br3N17. The number of aromatic nitrogens is 12. The minimum atomic E-state index is 0.0270. The molecule has 0 aliphatic rings. The standard InChI is InChI=1S/C9H12Br3N17/c10-1-4-26-18-7(13-21-26)15-24-29(9-17-23-28(20-9)6-3-12)25-16-8-14-22-27(19-8)5-2-11/h1-6H2/b24-15+,25-16+. The van der Waals surface area contributed by atoms with Crippen molar-refractivity contribution in [2.45, 2.75) is 19.6 Å². The number of halogens is 3. The minimum absolute atomic E-state index is 0.0270. The van der Waals surface area contributed by atoms with E-state index in [0.29, 0.717) is 35.6 Å². The van der Waals surface area contributed by atoms with Gasteiger partial charge in [-0.05, 0) is 26.1 Å². The molecule has 0 aromatic carbocycles. The van der Waals surface area contributed by atoms with Gasteiger partial charge in [-0.15, -0.1) is 15.3 Å². The van der Waals surface area contributed by atoms with Crippen molar-refractivity contribution >= 4 is 65.6 Å². The molecule has 154 valence electrons. The SMILES string of the molecule is BrCCn1nnc(/N=N/N(/N=N/c2nnn(CCBr)n2)c2nnn(CCBr)n2)n1. The average Bonchev–Trinajstić information content (AvgIpc) is 3.45. The zero-order chi connectivity index (χ0) is 20.5. The molecule has 0 amide bonds. The van der Waals surface area contributed by atoms with Crippen LogP contribution in [0.1, 0.15) is 0 Å². The van der Waals surface area contributed by atoms with Crippen molar-refractivity contribution in [3.05, 3.63) is 0 Å². The van der Waals surface area contributed by atoms with Crippen LogP contribution >= 0.6 is 47.8 Å². The fraction of sp³-hybridized carbons (Fsp3) is 0.667. The smallest absolute Gasteiger partial charge is 0.161 e. The Balaban J connectivity index is 1.79. The van der Waals surface area contributed by atoms with Gasteiger partial charge >= 0.3 is 17.8 Å². The van der Waals surface area contributed by atoms with Gasteiger partial charge in [0.1, 0.15) is 0 Å². The first-order valence-electron chi connectivity index (χ1n) is 7.86. The summed E-state index contributed by atoms with van der Waals surface area (Å²) >= 11 is 9.88. The molecule has 0 unspecified atom stereocenters. The minimum Gasteiger partial charge on any atom is -0.161 e. The summed E-state index contributed by atoms with van der Waals surface area (Å²) < 4.78 is 0. The van der Waals surface area contributed by atoms with Crippen molar-refractivity contribution in [2.75, 3.05) is 21.1 Å². The molecule has 0 aliphatic heterocycles. The fourth-order valence-corrected chi connectivity index (χ4v) is 2.59. The Morgan fingerprint density at radius 1 is 0.655 bits per heavy atom. The molecule has 29 heavy (non-hydrogen) atoms. The molecule has 3 aromatic rings. The van der Waals surface area contributed by atoms with Crippen molar-refractivity contribution in [3.8, 4) is 0 Å². The lowest BCUT2D eigenvalue weighted by atomic mass is 10.8. The van der Waals surface area contributed by atoms with Crippen LogP contribution in [-0.2, 0) is 19.6 Å². The number of nitrogens with zero attached hydrogens (tertiary/aromatic N) is 17. The van der Waals surface area contributed by atoms with Gasteiger partial charge in [-0.2, -0.15) is 14.4 Å². The van der Waals surface area contributed by atoms with Crippen LogP contribution in [0.4, 0.5) is 17.8 Å². The van der Waals surface area contributed by atoms with E-state index in [4.69, 9.17) is 0 Å². The Kier molecular flexibility index (Phi) is 8.10. The Morgan fingerprint density at radius 2 is 1.10 bits per heavy atom. The predicted octanol–water partition coefficient (Wildman–Crippen LogP) is 1.03. The fourth-order valence-electron chi connectivity index (χ4n) is 1.64. The second kappa shape index (κ2) is 11.0. The van der Waals surface area contributed by atoms with E-state index in [0.717, 1.165) is 5.12 Å². The van der Waals surface area contributed by atoms with E-state index in [1.807, 2.05) is 0 Å². The zero-order valence-electron chi connectivity index (χ0n) is 14.5. The average molecular weight is 598 g/mol. The second-order valence-electron chi connectivity index (χ2n) is 4.79. The van der Waals surface area contributed by atoms with Crippen molar-refractivity contribution in [2.24, 2.45) is 20.7 Å². The molecular weight excluding hydrogens is 586 g/mol. The largest absolute Gasteiger partial charge is 0.311 e. The number of hydrogen-bond donors (Lipinski definition) is 0. The summed E-state index contributed by atoms with van der Waals surface area (Å²) in [4.78, 5) is 4.09. The second-order valence-corrected chi connectivity index (χ2v) is 7.17. The Labute approximate surface area is 187 Å². The summed E-state index contributed by atoms with van der Waals surface area (Å²) in [6, 6.07) is 0. The van der Waals surface area contributed by atoms with Gasteiger partial charge in [-0.25, -0.2) is 0 Å². The number of alkyl halides is 3. The Bertz CT molecular complexity index is 889. The van der Waals surface area contributed by atoms with Crippen LogP contribution < -0.4 is 5.12 Å². The summed E-state index contributed by atoms with van der Waals surface area (Å²) in [5.74, 6) is 0.0833. The predicted molar refractivity (Wildman–Crippen MR) is 106 cm³/mol. The highest BCUT2D eigenvalue weighted by Gasteiger charge is 2.14. The molecule has 0 saturated heterocycles. The quantitative estimate of drug-likeness (QED) is 0.176. The maximum Gasteiger partial charge on any atom is 0.311 e. The van der Waals surface area contributed by atoms with Crippen molar-refractivity contribution < 1.29 is 0 Å². The third-order valence-electron chi connectivity index (χ3n) is 2.80. The molecule has 20 heteroatoms. The lowest BCUT2D eigenvalue weighted by Gasteiger charge is -2.01. The van der Waals surface area contributed by atoms with Crippen molar-refractivity contribution in [1.29, 1.82) is 0 Å². The summed E-state index contributed by atoms with van der Waals surface area (Å²) in [7, 11) is 0. The molecule has 3 aromatic heterocycles. The van der Waals surface area contributed by atoms with Gasteiger partial charge < -0.3 is 0 Å². The van der Waals surface area contributed by atoms with Gasteiger partial charge in [0.2, 0.25) is 0 Å². The van der Waals surface area contributed by atoms with Crippen LogP contribution in [0, 0.1) is 0 Å². The van der Waals surface area contributed by atoms with Crippen molar-refractivity contribution in [3.63, 3.8) is 0 Å². The van der Waals surface area contributed by atoms with Crippen molar-refractivity contribution in [1.82, 2.24) is 60.6 Å². The molecule has 0 spiro atoms. The molecule has 0 radical (unpaired) electrons. The highest BCUT2D eigenvalue weighted by Crippen LogP contribution is 2.12. The molecule has 0 saturated carbocycles. The van der Waals surface area contributed by atoms with Crippen LogP contribution in [-0.4, -0.2) is 76.6 Å². The third kappa shape index (κ3) is 6.32. The highest BCUT2D eigenvalue weighted by molar-refractivity contribution is 9.09. The molecule has 0 fully saturated rings. The lowest BCUT2D eigenvalue weighted by molar-refractivity contribution is 0.557. The first-order chi connectivity index (χ1) is 14.2. The van der Waals surface area contributed by atoms with E-state index in [9.17, 15) is 0 Å². The van der Waals surface area contributed by atoms with E-state index in [-0.39, 0.29) is 17.8 Å². The highest BCUT2D eigenvalue weighted by atomic mass is 79.9. The van der Waals surface area contributed by atoms with Gasteiger partial charge in [0.05, 0.1) is 19.6 Å². The van der Waals surface area contributed by atoms with Crippen LogP contribution in [0.2, 0.25) is 0 Å². The monoisotopic (exact) mass is 595 g/mol. The number of anilines is 1. The van der Waals surface area contributed by atoms with Gasteiger partial charge in [-0.3, -0.25) is 0 Å². The topological polar surface area (TPSA) is 183 Å². The third-order valence-corrected chi connectivity index (χ3v) is 3.86. The van der Waals surface area contributed by atoms with Crippen LogP contribution in [0.5, 0.6) is 0 Å². The summed E-state index contributed by atoms with van der Waals surface area (Å²) in [6.45, 7) is 1.56. The number of aryl methyl sites for hydroxylation is 3. The van der Waals surface area contributed by atoms with E-state index in [2.05, 4.69) is 115 Å². The Hall–Kier alpha value is -2.35. The number of rotatable bonds is 11. The van der Waals surface area contributed by atoms with Crippen LogP contribution in [0.3, 0.4) is 0 Å². The molecule has 0 N–H and O–H groups in total. The number of hydrogen-bond acceptors (Lipinski definition) is 13. The maximum atomic E-state index is 4.14.